The average molecular weight is 491 g/mol. The quantitative estimate of drug-likeness (QED) is 0.358. The molecule has 0 aliphatic rings. The monoisotopic (exact) mass is 490 g/mol. The highest BCUT2D eigenvalue weighted by molar-refractivity contribution is 7.98. The van der Waals surface area contributed by atoms with Crippen LogP contribution in [0.3, 0.4) is 0 Å². The van der Waals surface area contributed by atoms with Gasteiger partial charge in [0.05, 0.1) is 16.2 Å². The second-order valence-electron chi connectivity index (χ2n) is 7.05. The Bertz CT molecular complexity index is 1250. The van der Waals surface area contributed by atoms with Crippen LogP contribution in [-0.4, -0.2) is 36.5 Å². The maximum absolute atomic E-state index is 12.7. The van der Waals surface area contributed by atoms with Crippen molar-refractivity contribution in [3.8, 4) is 0 Å². The molecular weight excluding hydrogens is 468 g/mol. The Morgan fingerprint density at radius 1 is 1.21 bits per heavy atom. The number of nitrogens with zero attached hydrogens (tertiary/aromatic N) is 2. The number of carbonyl (C=O) groups excluding carboxylic acids is 2. The Labute approximate surface area is 194 Å². The molecule has 3 N–H and O–H groups in total. The lowest BCUT2D eigenvalue weighted by molar-refractivity contribution is -0.123. The second kappa shape index (κ2) is 10.1. The molecule has 1 aromatic carbocycles. The lowest BCUT2D eigenvalue weighted by atomic mass is 10.2. The number of ether oxygens (including phenoxy) is 1. The van der Waals surface area contributed by atoms with Crippen molar-refractivity contribution in [2.24, 2.45) is 5.14 Å². The molecule has 10 nitrogen and oxygen atoms in total. The number of nitrogens with two attached hydrogens (primary N) is 1. The van der Waals surface area contributed by atoms with Crippen LogP contribution in [0.2, 0.25) is 0 Å². The number of primary sulfonamides is 1. The largest absolute Gasteiger partial charge is 0.449 e. The Hall–Kier alpha value is -3.22. The van der Waals surface area contributed by atoms with Gasteiger partial charge in [0.1, 0.15) is 10.8 Å². The number of aromatic nitrogens is 2. The number of hydrogen-bond donors (Lipinski definition) is 2. The molecule has 3 rings (SSSR count). The van der Waals surface area contributed by atoms with Crippen LogP contribution in [0.5, 0.6) is 0 Å². The van der Waals surface area contributed by atoms with E-state index in [1.54, 1.807) is 18.3 Å². The normalized spacial score (nSPS) is 12.2. The molecule has 0 bridgehead atoms. The number of amides is 1. The minimum atomic E-state index is -3.84. The zero-order valence-electron chi connectivity index (χ0n) is 18.1. The van der Waals surface area contributed by atoms with E-state index in [0.29, 0.717) is 22.2 Å². The maximum Gasteiger partial charge on any atom is 0.341 e. The highest BCUT2D eigenvalue weighted by Crippen LogP contribution is 2.27. The number of pyridine rings is 1. The van der Waals surface area contributed by atoms with E-state index >= 15 is 0 Å². The van der Waals surface area contributed by atoms with Crippen molar-refractivity contribution < 1.29 is 27.3 Å². The van der Waals surface area contributed by atoms with Crippen LogP contribution in [0.15, 0.2) is 57.0 Å². The molecule has 1 unspecified atom stereocenters. The summed E-state index contributed by atoms with van der Waals surface area (Å²) in [5.74, 6) is -0.0808. The average Bonchev–Trinajstić information content (AvgIpc) is 3.09. The minimum Gasteiger partial charge on any atom is -0.449 e. The van der Waals surface area contributed by atoms with Gasteiger partial charge >= 0.3 is 5.97 Å². The number of rotatable bonds is 8. The van der Waals surface area contributed by atoms with Crippen LogP contribution >= 0.6 is 11.8 Å². The number of benzene rings is 1. The van der Waals surface area contributed by atoms with Gasteiger partial charge in [0.15, 0.2) is 6.10 Å². The van der Waals surface area contributed by atoms with E-state index in [0.717, 1.165) is 11.3 Å². The van der Waals surface area contributed by atoms with E-state index in [2.05, 4.69) is 15.5 Å². The molecule has 0 fully saturated rings. The fourth-order valence-electron chi connectivity index (χ4n) is 2.76. The molecular formula is C21H22N4O6S2. The molecule has 0 saturated heterocycles. The Balaban J connectivity index is 1.64. The number of carbonyl (C=O) groups is 2. The SMILES string of the molecule is Cc1noc(C)c1CSc1ncccc1C(=O)OC(C)C(=O)Nc1ccc(S(N)(=O)=O)cc1. The van der Waals surface area contributed by atoms with Gasteiger partial charge in [-0.15, -0.1) is 11.8 Å². The zero-order chi connectivity index (χ0) is 24.2. The molecule has 2 heterocycles. The first-order chi connectivity index (χ1) is 15.6. The fourth-order valence-corrected chi connectivity index (χ4v) is 4.41. The minimum absolute atomic E-state index is 0.0850. The zero-order valence-corrected chi connectivity index (χ0v) is 19.7. The first-order valence-corrected chi connectivity index (χ1v) is 12.2. The van der Waals surface area contributed by atoms with Gasteiger partial charge in [-0.25, -0.2) is 23.3 Å². The van der Waals surface area contributed by atoms with Crippen LogP contribution in [0.1, 0.15) is 34.3 Å². The summed E-state index contributed by atoms with van der Waals surface area (Å²) >= 11 is 1.33. The van der Waals surface area contributed by atoms with Crippen molar-refractivity contribution in [3.63, 3.8) is 0 Å². The van der Waals surface area contributed by atoms with Gasteiger partial charge in [-0.3, -0.25) is 4.79 Å². The maximum atomic E-state index is 12.7. The summed E-state index contributed by atoms with van der Waals surface area (Å²) in [6, 6.07) is 8.48. The van der Waals surface area contributed by atoms with Gasteiger partial charge in [-0.1, -0.05) is 5.16 Å². The van der Waals surface area contributed by atoms with Crippen molar-refractivity contribution in [1.29, 1.82) is 0 Å². The first-order valence-electron chi connectivity index (χ1n) is 9.70. The molecule has 1 atom stereocenters. The number of sulfonamides is 1. The molecule has 33 heavy (non-hydrogen) atoms. The number of nitrogens with one attached hydrogen (secondary N) is 1. The standard InChI is InChI=1S/C21H22N4O6S2/c1-12-18(13(2)31-25-12)11-32-20-17(5-4-10-23-20)21(27)30-14(3)19(26)24-15-6-8-16(9-7-15)33(22,28)29/h4-10,14H,11H2,1-3H3,(H,24,26)(H2,22,28,29). The first kappa shape index (κ1) is 24.4. The molecule has 3 aromatic rings. The summed E-state index contributed by atoms with van der Waals surface area (Å²) in [4.78, 5) is 29.3. The molecule has 0 aliphatic carbocycles. The van der Waals surface area contributed by atoms with Gasteiger partial charge in [-0.2, -0.15) is 0 Å². The highest BCUT2D eigenvalue weighted by atomic mass is 32.2. The predicted octanol–water partition coefficient (Wildman–Crippen LogP) is 2.81. The third-order valence-electron chi connectivity index (χ3n) is 4.63. The summed E-state index contributed by atoms with van der Waals surface area (Å²) in [6.07, 6.45) is 0.448. The molecule has 174 valence electrons. The van der Waals surface area contributed by atoms with E-state index in [-0.39, 0.29) is 10.5 Å². The topological polar surface area (TPSA) is 154 Å². The Morgan fingerprint density at radius 2 is 1.91 bits per heavy atom. The number of hydrogen-bond acceptors (Lipinski definition) is 9. The van der Waals surface area contributed by atoms with Gasteiger partial charge in [0.2, 0.25) is 10.0 Å². The summed E-state index contributed by atoms with van der Waals surface area (Å²) in [6.45, 7) is 5.08. The van der Waals surface area contributed by atoms with E-state index in [9.17, 15) is 18.0 Å². The molecule has 0 spiro atoms. The van der Waals surface area contributed by atoms with Crippen LogP contribution in [0, 0.1) is 13.8 Å². The highest BCUT2D eigenvalue weighted by Gasteiger charge is 2.22. The smallest absolute Gasteiger partial charge is 0.341 e. The van der Waals surface area contributed by atoms with Crippen molar-refractivity contribution in [1.82, 2.24) is 10.1 Å². The van der Waals surface area contributed by atoms with Crippen LogP contribution in [-0.2, 0) is 25.3 Å². The lowest BCUT2D eigenvalue weighted by Crippen LogP contribution is -2.30. The van der Waals surface area contributed by atoms with Crippen molar-refractivity contribution in [3.05, 3.63) is 65.2 Å². The van der Waals surface area contributed by atoms with E-state index in [1.165, 1.54) is 43.0 Å². The summed E-state index contributed by atoms with van der Waals surface area (Å²) in [7, 11) is -3.84. The molecule has 2 aromatic heterocycles. The predicted molar refractivity (Wildman–Crippen MR) is 121 cm³/mol. The van der Waals surface area contributed by atoms with Gasteiger partial charge in [0, 0.05) is 23.2 Å². The van der Waals surface area contributed by atoms with Gasteiger partial charge in [-0.05, 0) is 57.2 Å². The lowest BCUT2D eigenvalue weighted by Gasteiger charge is -2.15. The third kappa shape index (κ3) is 6.18. The fraction of sp³-hybridized carbons (Fsp3) is 0.238. The van der Waals surface area contributed by atoms with Gasteiger partial charge in [0.25, 0.3) is 5.91 Å². The van der Waals surface area contributed by atoms with Crippen LogP contribution in [0.4, 0.5) is 5.69 Å². The molecule has 1 amide bonds. The number of thioether (sulfide) groups is 1. The molecule has 0 saturated carbocycles. The van der Waals surface area contributed by atoms with Crippen LogP contribution in [0.25, 0.3) is 0 Å². The van der Waals surface area contributed by atoms with Crippen molar-refractivity contribution in [2.45, 2.75) is 42.5 Å². The summed E-state index contributed by atoms with van der Waals surface area (Å²) in [5, 5.41) is 12.0. The molecule has 12 heteroatoms. The Morgan fingerprint density at radius 3 is 2.52 bits per heavy atom. The van der Waals surface area contributed by atoms with Crippen molar-refractivity contribution in [2.75, 3.05) is 5.32 Å². The molecule has 0 radical (unpaired) electrons. The number of esters is 1. The molecule has 0 aliphatic heterocycles. The summed E-state index contributed by atoms with van der Waals surface area (Å²) in [5.41, 5.74) is 2.24. The Kier molecular flexibility index (Phi) is 7.51. The number of aryl methyl sites for hydroxylation is 2. The summed E-state index contributed by atoms with van der Waals surface area (Å²) < 4.78 is 33.1. The van der Waals surface area contributed by atoms with E-state index < -0.39 is 28.0 Å². The third-order valence-corrected chi connectivity index (χ3v) is 6.59. The van der Waals surface area contributed by atoms with Crippen molar-refractivity contribution >= 4 is 39.3 Å². The van der Waals surface area contributed by atoms with E-state index in [4.69, 9.17) is 14.4 Å². The van der Waals surface area contributed by atoms with Gasteiger partial charge < -0.3 is 14.6 Å². The number of anilines is 1. The van der Waals surface area contributed by atoms with Crippen LogP contribution < -0.4 is 10.5 Å². The van der Waals surface area contributed by atoms with E-state index in [1.807, 2.05) is 13.8 Å². The second-order valence-corrected chi connectivity index (χ2v) is 9.58.